The fourth-order valence-electron chi connectivity index (χ4n) is 1.76. The molecule has 0 radical (unpaired) electrons. The lowest BCUT2D eigenvalue weighted by atomic mass is 9.93. The Morgan fingerprint density at radius 3 is 2.11 bits per heavy atom. The summed E-state index contributed by atoms with van der Waals surface area (Å²) in [5, 5.41) is 3.04. The molecule has 1 aromatic rings. The lowest BCUT2D eigenvalue weighted by Crippen LogP contribution is -2.44. The molecule has 0 aliphatic carbocycles. The van der Waals surface area contributed by atoms with Crippen molar-refractivity contribution in [2.24, 2.45) is 11.7 Å². The van der Waals surface area contributed by atoms with Crippen molar-refractivity contribution in [3.8, 4) is 0 Å². The second-order valence-corrected chi connectivity index (χ2v) is 5.14. The van der Waals surface area contributed by atoms with E-state index in [-0.39, 0.29) is 42.2 Å². The van der Waals surface area contributed by atoms with Crippen molar-refractivity contribution in [3.63, 3.8) is 0 Å². The molecule has 0 saturated carbocycles. The number of nitrogens with two attached hydrogens (primary N) is 1. The van der Waals surface area contributed by atoms with Crippen LogP contribution in [0.15, 0.2) is 30.3 Å². The third-order valence-corrected chi connectivity index (χ3v) is 3.65. The largest absolute Gasteiger partial charge is 0.353 e. The Labute approximate surface area is 122 Å². The Morgan fingerprint density at radius 1 is 1.11 bits per heavy atom. The first-order valence-electron chi connectivity index (χ1n) is 6.54. The first-order chi connectivity index (χ1) is 8.43. The monoisotopic (exact) mass is 284 g/mol. The Kier molecular flexibility index (Phi) is 7.72. The predicted molar refractivity (Wildman–Crippen MR) is 82.5 cm³/mol. The van der Waals surface area contributed by atoms with Gasteiger partial charge in [0.1, 0.15) is 0 Å². The first kappa shape index (κ1) is 17.9. The fourth-order valence-corrected chi connectivity index (χ4v) is 1.76. The molecule has 0 aromatic heterocycles. The van der Waals surface area contributed by atoms with Crippen molar-refractivity contribution in [2.75, 3.05) is 0 Å². The number of nitrogens with one attached hydrogen (secondary N) is 1. The van der Waals surface area contributed by atoms with E-state index in [2.05, 4.69) is 24.4 Å². The second-order valence-electron chi connectivity index (χ2n) is 5.14. The van der Waals surface area contributed by atoms with Crippen molar-refractivity contribution in [2.45, 2.75) is 45.7 Å². The maximum atomic E-state index is 11.9. The number of amides is 1. The van der Waals surface area contributed by atoms with Crippen molar-refractivity contribution in [1.82, 2.24) is 5.32 Å². The lowest BCUT2D eigenvalue weighted by Gasteiger charge is -2.24. The zero-order valence-corrected chi connectivity index (χ0v) is 12.9. The average molecular weight is 285 g/mol. The van der Waals surface area contributed by atoms with E-state index in [0.29, 0.717) is 0 Å². The Balaban J connectivity index is 0.00000324. The molecule has 0 aliphatic rings. The van der Waals surface area contributed by atoms with Crippen LogP contribution in [0.2, 0.25) is 0 Å². The quantitative estimate of drug-likeness (QED) is 0.873. The molecule has 19 heavy (non-hydrogen) atoms. The van der Waals surface area contributed by atoms with Crippen LogP contribution in [-0.2, 0) is 4.79 Å². The highest BCUT2D eigenvalue weighted by Crippen LogP contribution is 2.18. The van der Waals surface area contributed by atoms with Crippen LogP contribution < -0.4 is 11.1 Å². The highest BCUT2D eigenvalue weighted by Gasteiger charge is 2.21. The molecule has 0 bridgehead atoms. The highest BCUT2D eigenvalue weighted by atomic mass is 35.5. The Hall–Kier alpha value is -1.06. The summed E-state index contributed by atoms with van der Waals surface area (Å²) in [5.74, 6) is 0.158. The number of hydrogen-bond acceptors (Lipinski definition) is 2. The minimum Gasteiger partial charge on any atom is -0.353 e. The zero-order valence-electron chi connectivity index (χ0n) is 12.1. The van der Waals surface area contributed by atoms with E-state index in [1.165, 1.54) is 5.56 Å². The Morgan fingerprint density at radius 2 is 1.63 bits per heavy atom. The predicted octanol–water partition coefficient (Wildman–Crippen LogP) is 2.70. The third kappa shape index (κ3) is 5.21. The van der Waals surface area contributed by atoms with Crippen molar-refractivity contribution in [3.05, 3.63) is 35.9 Å². The van der Waals surface area contributed by atoms with Crippen molar-refractivity contribution < 1.29 is 4.79 Å². The third-order valence-electron chi connectivity index (χ3n) is 3.65. The average Bonchev–Trinajstić information content (AvgIpc) is 2.37. The maximum Gasteiger partial charge on any atom is 0.224 e. The van der Waals surface area contributed by atoms with Gasteiger partial charge < -0.3 is 11.1 Å². The van der Waals surface area contributed by atoms with Gasteiger partial charge in [-0.1, -0.05) is 44.2 Å². The first-order valence-corrected chi connectivity index (χ1v) is 6.54. The van der Waals surface area contributed by atoms with E-state index in [9.17, 15) is 4.79 Å². The van der Waals surface area contributed by atoms with Gasteiger partial charge in [0.2, 0.25) is 5.91 Å². The number of carbonyl (C=O) groups is 1. The molecule has 3 N–H and O–H groups in total. The molecule has 0 heterocycles. The number of rotatable bonds is 5. The standard InChI is InChI=1S/C15H24N2O.ClH/c1-10(12(3)16)15(18)17-13(4)11(2)14-8-6-5-7-9-14;/h5-13H,16H2,1-4H3,(H,17,18);1H. The van der Waals surface area contributed by atoms with E-state index in [1.807, 2.05) is 39.0 Å². The van der Waals surface area contributed by atoms with Crippen LogP contribution in [0.1, 0.15) is 39.2 Å². The van der Waals surface area contributed by atoms with Gasteiger partial charge in [-0.05, 0) is 19.4 Å². The molecule has 3 nitrogen and oxygen atoms in total. The molecule has 4 atom stereocenters. The van der Waals surface area contributed by atoms with Crippen LogP contribution in [0.4, 0.5) is 0 Å². The van der Waals surface area contributed by atoms with Gasteiger partial charge >= 0.3 is 0 Å². The van der Waals surface area contributed by atoms with Gasteiger partial charge in [-0.3, -0.25) is 4.79 Å². The molecule has 1 amide bonds. The van der Waals surface area contributed by atoms with Crippen molar-refractivity contribution in [1.29, 1.82) is 0 Å². The molecule has 1 rings (SSSR count). The molecule has 4 unspecified atom stereocenters. The summed E-state index contributed by atoms with van der Waals surface area (Å²) in [4.78, 5) is 11.9. The Bertz CT molecular complexity index is 381. The topological polar surface area (TPSA) is 55.1 Å². The molecule has 1 aromatic carbocycles. The van der Waals surface area contributed by atoms with Gasteiger partial charge in [-0.25, -0.2) is 0 Å². The molecular formula is C15H25ClN2O. The minimum atomic E-state index is -0.157. The summed E-state index contributed by atoms with van der Waals surface area (Å²) in [6.07, 6.45) is 0. The zero-order chi connectivity index (χ0) is 13.7. The smallest absolute Gasteiger partial charge is 0.224 e. The van der Waals surface area contributed by atoms with Gasteiger partial charge in [0.15, 0.2) is 0 Å². The lowest BCUT2D eigenvalue weighted by molar-refractivity contribution is -0.125. The molecule has 4 heteroatoms. The summed E-state index contributed by atoms with van der Waals surface area (Å²) in [5.41, 5.74) is 6.97. The molecular weight excluding hydrogens is 260 g/mol. The maximum absolute atomic E-state index is 11.9. The summed E-state index contributed by atoms with van der Waals surface area (Å²) in [6.45, 7) is 7.87. The van der Waals surface area contributed by atoms with E-state index >= 15 is 0 Å². The number of halogens is 1. The highest BCUT2D eigenvalue weighted by molar-refractivity contribution is 5.85. The summed E-state index contributed by atoms with van der Waals surface area (Å²) in [7, 11) is 0. The van der Waals surface area contributed by atoms with E-state index in [0.717, 1.165) is 0 Å². The van der Waals surface area contributed by atoms with Crippen LogP contribution >= 0.6 is 12.4 Å². The number of hydrogen-bond donors (Lipinski definition) is 2. The van der Waals surface area contributed by atoms with Crippen molar-refractivity contribution >= 4 is 18.3 Å². The summed E-state index contributed by atoms with van der Waals surface area (Å²) in [6, 6.07) is 10.2. The van der Waals surface area contributed by atoms with Gasteiger partial charge in [-0.15, -0.1) is 12.4 Å². The summed E-state index contributed by atoms with van der Waals surface area (Å²) >= 11 is 0. The molecule has 0 spiro atoms. The van der Waals surface area contributed by atoms with Crippen LogP contribution in [0.25, 0.3) is 0 Å². The number of benzene rings is 1. The van der Waals surface area contributed by atoms with Crippen LogP contribution in [-0.4, -0.2) is 18.0 Å². The molecule has 108 valence electrons. The van der Waals surface area contributed by atoms with Gasteiger partial charge in [0, 0.05) is 23.9 Å². The molecule has 0 fully saturated rings. The van der Waals surface area contributed by atoms with Gasteiger partial charge in [0.05, 0.1) is 0 Å². The van der Waals surface area contributed by atoms with Crippen LogP contribution in [0.5, 0.6) is 0 Å². The second kappa shape index (κ2) is 8.18. The van der Waals surface area contributed by atoms with Gasteiger partial charge in [-0.2, -0.15) is 0 Å². The molecule has 0 saturated heterocycles. The minimum absolute atomic E-state index is 0. The van der Waals surface area contributed by atoms with Crippen LogP contribution in [0.3, 0.4) is 0 Å². The normalized spacial score (nSPS) is 16.7. The molecule has 0 aliphatic heterocycles. The van der Waals surface area contributed by atoms with Gasteiger partial charge in [0.25, 0.3) is 0 Å². The SMILES string of the molecule is CC(N)C(C)C(=O)NC(C)C(C)c1ccccc1.Cl. The number of carbonyl (C=O) groups excluding carboxylic acids is 1. The fraction of sp³-hybridized carbons (Fsp3) is 0.533. The van der Waals surface area contributed by atoms with E-state index in [4.69, 9.17) is 5.73 Å². The van der Waals surface area contributed by atoms with E-state index < -0.39 is 0 Å². The summed E-state index contributed by atoms with van der Waals surface area (Å²) < 4.78 is 0. The van der Waals surface area contributed by atoms with E-state index in [1.54, 1.807) is 0 Å². The van der Waals surface area contributed by atoms with Crippen LogP contribution in [0, 0.1) is 5.92 Å².